The first kappa shape index (κ1) is 14.6. The minimum Gasteiger partial charge on any atom is -0.309 e. The normalized spacial score (nSPS) is 13.5. The van der Waals surface area contributed by atoms with Gasteiger partial charge in [-0.2, -0.15) is 0 Å². The summed E-state index contributed by atoms with van der Waals surface area (Å²) in [5, 5.41) is 6.53. The van der Waals surface area contributed by atoms with Gasteiger partial charge in [-0.1, -0.05) is 43.6 Å². The Morgan fingerprint density at radius 3 is 2.68 bits per heavy atom. The standard InChI is InChI=1S/C16H20ClNS/c1-12(13-6-4-7-14(17)10-13)18-11-16(2,3)15-8-5-9-19-15/h4-10,12,18H,11H2,1-3H3. The van der Waals surface area contributed by atoms with Gasteiger partial charge in [0.1, 0.15) is 0 Å². The largest absolute Gasteiger partial charge is 0.309 e. The Bertz CT molecular complexity index is 519. The van der Waals surface area contributed by atoms with Gasteiger partial charge in [0.05, 0.1) is 0 Å². The number of benzene rings is 1. The molecule has 1 aromatic heterocycles. The van der Waals surface area contributed by atoms with Gasteiger partial charge in [0.2, 0.25) is 0 Å². The van der Waals surface area contributed by atoms with Crippen LogP contribution in [0, 0.1) is 0 Å². The number of rotatable bonds is 5. The van der Waals surface area contributed by atoms with E-state index in [9.17, 15) is 0 Å². The highest BCUT2D eigenvalue weighted by Gasteiger charge is 2.22. The van der Waals surface area contributed by atoms with Gasteiger partial charge in [-0.25, -0.2) is 0 Å². The van der Waals surface area contributed by atoms with Crippen LogP contribution in [0.1, 0.15) is 37.3 Å². The summed E-state index contributed by atoms with van der Waals surface area (Å²) in [7, 11) is 0. The molecule has 0 fully saturated rings. The quantitative estimate of drug-likeness (QED) is 0.815. The molecule has 0 saturated carbocycles. The van der Waals surface area contributed by atoms with E-state index in [4.69, 9.17) is 11.6 Å². The summed E-state index contributed by atoms with van der Waals surface area (Å²) in [6, 6.07) is 12.7. The van der Waals surface area contributed by atoms with Crippen LogP contribution in [0.5, 0.6) is 0 Å². The van der Waals surface area contributed by atoms with Crippen molar-refractivity contribution in [2.45, 2.75) is 32.2 Å². The fourth-order valence-corrected chi connectivity index (χ4v) is 3.10. The van der Waals surface area contributed by atoms with E-state index in [0.717, 1.165) is 11.6 Å². The van der Waals surface area contributed by atoms with Crippen molar-refractivity contribution >= 4 is 22.9 Å². The first-order valence-electron chi connectivity index (χ1n) is 6.52. The minimum absolute atomic E-state index is 0.154. The lowest BCUT2D eigenvalue weighted by Gasteiger charge is -2.26. The van der Waals surface area contributed by atoms with Gasteiger partial charge in [-0.15, -0.1) is 11.3 Å². The smallest absolute Gasteiger partial charge is 0.0409 e. The Balaban J connectivity index is 1.99. The summed E-state index contributed by atoms with van der Waals surface area (Å²) in [5.41, 5.74) is 1.38. The second-order valence-electron chi connectivity index (χ2n) is 5.52. The molecular weight excluding hydrogens is 274 g/mol. The van der Waals surface area contributed by atoms with Crippen molar-refractivity contribution in [1.82, 2.24) is 5.32 Å². The molecule has 1 nitrogen and oxygen atoms in total. The Hall–Kier alpha value is -0.830. The van der Waals surface area contributed by atoms with Crippen molar-refractivity contribution in [3.8, 4) is 0 Å². The molecule has 1 unspecified atom stereocenters. The van der Waals surface area contributed by atoms with E-state index in [-0.39, 0.29) is 5.41 Å². The molecule has 1 N–H and O–H groups in total. The van der Waals surface area contributed by atoms with Gasteiger partial charge in [0.15, 0.2) is 0 Å². The van der Waals surface area contributed by atoms with E-state index in [0.29, 0.717) is 6.04 Å². The molecule has 0 radical (unpaired) electrons. The zero-order chi connectivity index (χ0) is 13.9. The molecule has 0 spiro atoms. The molecule has 1 aromatic carbocycles. The Morgan fingerprint density at radius 1 is 1.26 bits per heavy atom. The second kappa shape index (κ2) is 6.08. The Labute approximate surface area is 124 Å². The topological polar surface area (TPSA) is 12.0 Å². The van der Waals surface area contributed by atoms with Crippen molar-refractivity contribution < 1.29 is 0 Å². The molecule has 0 aliphatic carbocycles. The van der Waals surface area contributed by atoms with Crippen molar-refractivity contribution in [3.05, 3.63) is 57.2 Å². The van der Waals surface area contributed by atoms with Crippen LogP contribution in [-0.4, -0.2) is 6.54 Å². The zero-order valence-corrected chi connectivity index (χ0v) is 13.2. The monoisotopic (exact) mass is 293 g/mol. The molecule has 2 aromatic rings. The van der Waals surface area contributed by atoms with Crippen LogP contribution in [0.25, 0.3) is 0 Å². The average molecular weight is 294 g/mol. The lowest BCUT2D eigenvalue weighted by atomic mass is 9.91. The number of hydrogen-bond donors (Lipinski definition) is 1. The van der Waals surface area contributed by atoms with Crippen LogP contribution in [0.2, 0.25) is 5.02 Å². The van der Waals surface area contributed by atoms with Crippen molar-refractivity contribution in [2.75, 3.05) is 6.54 Å². The summed E-state index contributed by atoms with van der Waals surface area (Å²) in [6.07, 6.45) is 0. The van der Waals surface area contributed by atoms with Gasteiger partial charge in [-0.3, -0.25) is 0 Å². The fraction of sp³-hybridized carbons (Fsp3) is 0.375. The highest BCUT2D eigenvalue weighted by atomic mass is 35.5. The molecule has 0 bridgehead atoms. The molecule has 0 aliphatic heterocycles. The van der Waals surface area contributed by atoms with E-state index in [1.807, 2.05) is 29.5 Å². The van der Waals surface area contributed by atoms with E-state index >= 15 is 0 Å². The van der Waals surface area contributed by atoms with Gasteiger partial charge in [0.25, 0.3) is 0 Å². The zero-order valence-electron chi connectivity index (χ0n) is 11.6. The van der Waals surface area contributed by atoms with Gasteiger partial charge >= 0.3 is 0 Å². The average Bonchev–Trinajstić information content (AvgIpc) is 2.90. The summed E-state index contributed by atoms with van der Waals surface area (Å²) in [4.78, 5) is 1.42. The SMILES string of the molecule is CC(NCC(C)(C)c1cccs1)c1cccc(Cl)c1. The highest BCUT2D eigenvalue weighted by Crippen LogP contribution is 2.27. The molecule has 1 heterocycles. The Morgan fingerprint density at radius 2 is 2.05 bits per heavy atom. The van der Waals surface area contributed by atoms with Crippen molar-refractivity contribution in [3.63, 3.8) is 0 Å². The van der Waals surface area contributed by atoms with Crippen LogP contribution < -0.4 is 5.32 Å². The van der Waals surface area contributed by atoms with Crippen molar-refractivity contribution in [2.24, 2.45) is 0 Å². The predicted octanol–water partition coefficient (Wildman–Crippen LogP) is 5.03. The lowest BCUT2D eigenvalue weighted by molar-refractivity contribution is 0.441. The summed E-state index contributed by atoms with van der Waals surface area (Å²) in [5.74, 6) is 0. The lowest BCUT2D eigenvalue weighted by Crippen LogP contribution is -2.33. The molecule has 1 atom stereocenters. The van der Waals surface area contributed by atoms with E-state index < -0.39 is 0 Å². The molecule has 2 rings (SSSR count). The number of halogens is 1. The molecule has 0 aliphatic rings. The van der Waals surface area contributed by atoms with E-state index in [1.54, 1.807) is 0 Å². The summed E-state index contributed by atoms with van der Waals surface area (Å²) in [6.45, 7) is 7.67. The molecule has 19 heavy (non-hydrogen) atoms. The first-order valence-corrected chi connectivity index (χ1v) is 7.77. The summed E-state index contributed by atoms with van der Waals surface area (Å²) < 4.78 is 0. The van der Waals surface area contributed by atoms with Gasteiger partial charge in [-0.05, 0) is 36.1 Å². The van der Waals surface area contributed by atoms with Crippen molar-refractivity contribution in [1.29, 1.82) is 0 Å². The number of nitrogens with one attached hydrogen (secondary N) is 1. The van der Waals surface area contributed by atoms with E-state index in [1.165, 1.54) is 10.4 Å². The van der Waals surface area contributed by atoms with E-state index in [2.05, 4.69) is 49.7 Å². The molecule has 102 valence electrons. The van der Waals surface area contributed by atoms with Crippen LogP contribution >= 0.6 is 22.9 Å². The fourth-order valence-electron chi connectivity index (χ4n) is 2.05. The third-order valence-corrected chi connectivity index (χ3v) is 4.86. The maximum absolute atomic E-state index is 6.03. The summed E-state index contributed by atoms with van der Waals surface area (Å²) >= 11 is 7.85. The minimum atomic E-state index is 0.154. The van der Waals surface area contributed by atoms with Crippen LogP contribution in [0.4, 0.5) is 0 Å². The van der Waals surface area contributed by atoms with Crippen LogP contribution in [0.3, 0.4) is 0 Å². The van der Waals surface area contributed by atoms with Gasteiger partial charge in [0, 0.05) is 27.9 Å². The Kier molecular flexibility index (Phi) is 4.67. The molecular formula is C16H20ClNS. The van der Waals surface area contributed by atoms with Crippen LogP contribution in [-0.2, 0) is 5.41 Å². The van der Waals surface area contributed by atoms with Crippen LogP contribution in [0.15, 0.2) is 41.8 Å². The maximum atomic E-state index is 6.03. The van der Waals surface area contributed by atoms with Gasteiger partial charge < -0.3 is 5.32 Å². The second-order valence-corrected chi connectivity index (χ2v) is 6.90. The molecule has 0 saturated heterocycles. The first-order chi connectivity index (χ1) is 8.99. The third kappa shape index (κ3) is 3.82. The predicted molar refractivity (Wildman–Crippen MR) is 85.2 cm³/mol. The molecule has 0 amide bonds. The molecule has 3 heteroatoms. The third-order valence-electron chi connectivity index (χ3n) is 3.39. The number of thiophene rings is 1. The number of hydrogen-bond acceptors (Lipinski definition) is 2. The highest BCUT2D eigenvalue weighted by molar-refractivity contribution is 7.10. The maximum Gasteiger partial charge on any atom is 0.0409 e.